The molecule has 0 spiro atoms. The van der Waals surface area contributed by atoms with Crippen LogP contribution in [0.5, 0.6) is 17.2 Å². The van der Waals surface area contributed by atoms with Crippen molar-refractivity contribution in [3.63, 3.8) is 0 Å². The maximum absolute atomic E-state index is 13.1. The molecule has 1 atom stereocenters. The first-order valence-electron chi connectivity index (χ1n) is 10.5. The number of methoxy groups -OCH3 is 1. The summed E-state index contributed by atoms with van der Waals surface area (Å²) in [7, 11) is 1.54. The first-order chi connectivity index (χ1) is 16.4. The van der Waals surface area contributed by atoms with Crippen LogP contribution in [0, 0.1) is 0 Å². The van der Waals surface area contributed by atoms with Crippen molar-refractivity contribution in [3.05, 3.63) is 94.6 Å². The van der Waals surface area contributed by atoms with Gasteiger partial charge in [0.1, 0.15) is 5.75 Å². The molecule has 2 heterocycles. The molecule has 3 aromatic carbocycles. The van der Waals surface area contributed by atoms with Gasteiger partial charge in [-0.05, 0) is 59.7 Å². The molecule has 0 radical (unpaired) electrons. The molecule has 34 heavy (non-hydrogen) atoms. The van der Waals surface area contributed by atoms with E-state index in [2.05, 4.69) is 0 Å². The number of esters is 1. The zero-order chi connectivity index (χ0) is 23.9. The minimum atomic E-state index is -2.00. The summed E-state index contributed by atoms with van der Waals surface area (Å²) in [5, 5.41) is 11.7. The summed E-state index contributed by atoms with van der Waals surface area (Å²) < 4.78 is 21.6. The fourth-order valence-corrected chi connectivity index (χ4v) is 4.13. The van der Waals surface area contributed by atoms with Crippen LogP contribution in [-0.4, -0.2) is 30.9 Å². The molecule has 0 aromatic heterocycles. The average molecular weight is 459 g/mol. The van der Waals surface area contributed by atoms with Crippen molar-refractivity contribution in [2.45, 2.75) is 12.2 Å². The van der Waals surface area contributed by atoms with E-state index in [1.165, 1.54) is 7.11 Å². The van der Waals surface area contributed by atoms with Crippen LogP contribution >= 0.6 is 0 Å². The van der Waals surface area contributed by atoms with E-state index in [-0.39, 0.29) is 18.8 Å². The van der Waals surface area contributed by atoms with Gasteiger partial charge in [0.15, 0.2) is 11.5 Å². The number of fused-ring (bicyclic) bond motifs is 1. The Balaban J connectivity index is 1.64. The molecule has 8 nitrogen and oxygen atoms in total. The van der Waals surface area contributed by atoms with E-state index >= 15 is 0 Å². The second-order valence-corrected chi connectivity index (χ2v) is 7.92. The molecule has 0 saturated carbocycles. The van der Waals surface area contributed by atoms with Crippen molar-refractivity contribution in [3.8, 4) is 17.2 Å². The summed E-state index contributed by atoms with van der Waals surface area (Å²) in [6.45, 7) is 0.0944. The van der Waals surface area contributed by atoms with Crippen LogP contribution in [0.4, 0.5) is 0 Å². The third-order valence-corrected chi connectivity index (χ3v) is 5.92. The minimum Gasteiger partial charge on any atom is -0.497 e. The van der Waals surface area contributed by atoms with Crippen molar-refractivity contribution >= 4 is 17.4 Å². The number of aliphatic hydroxyl groups is 1. The maximum atomic E-state index is 13.1. The Kier molecular flexibility index (Phi) is 5.22. The number of rotatable bonds is 6. The molecular weight excluding hydrogens is 438 g/mol. The number of ether oxygens (including phenoxy) is 4. The highest BCUT2D eigenvalue weighted by Crippen LogP contribution is 2.46. The number of cyclic esters (lactones) is 1. The van der Waals surface area contributed by atoms with Gasteiger partial charge in [-0.1, -0.05) is 18.2 Å². The van der Waals surface area contributed by atoms with Crippen LogP contribution in [0.3, 0.4) is 0 Å². The highest BCUT2D eigenvalue weighted by Gasteiger charge is 2.48. The van der Waals surface area contributed by atoms with E-state index in [1.807, 2.05) is 0 Å². The van der Waals surface area contributed by atoms with Crippen LogP contribution < -0.4 is 19.9 Å². The second kappa shape index (κ2) is 8.24. The van der Waals surface area contributed by atoms with E-state index in [0.717, 1.165) is 5.56 Å². The van der Waals surface area contributed by atoms with E-state index in [0.29, 0.717) is 39.5 Å². The highest BCUT2D eigenvalue weighted by atomic mass is 16.7. The number of carbonyl (C=O) groups is 2. The molecule has 8 heteroatoms. The number of amides is 1. The minimum absolute atomic E-state index is 0.0944. The lowest BCUT2D eigenvalue weighted by Gasteiger charge is -2.26. The van der Waals surface area contributed by atoms with Crippen molar-refractivity contribution < 1.29 is 33.6 Å². The number of benzene rings is 3. The predicted molar refractivity (Wildman–Crippen MR) is 121 cm³/mol. The normalized spacial score (nSPS) is 18.7. The van der Waals surface area contributed by atoms with Crippen LogP contribution in [0.15, 0.2) is 72.3 Å². The zero-order valence-corrected chi connectivity index (χ0v) is 18.2. The Morgan fingerprint density at radius 3 is 2.41 bits per heavy atom. The summed E-state index contributed by atoms with van der Waals surface area (Å²) in [5.41, 5.74) is 7.95. The van der Waals surface area contributed by atoms with Crippen molar-refractivity contribution in [2.75, 3.05) is 13.9 Å². The molecule has 1 unspecified atom stereocenters. The first-order valence-corrected chi connectivity index (χ1v) is 10.5. The second-order valence-electron chi connectivity index (χ2n) is 7.92. The van der Waals surface area contributed by atoms with Gasteiger partial charge >= 0.3 is 5.97 Å². The van der Waals surface area contributed by atoms with E-state index in [4.69, 9.17) is 24.7 Å². The van der Waals surface area contributed by atoms with Crippen molar-refractivity contribution in [2.24, 2.45) is 5.73 Å². The molecule has 172 valence electrons. The van der Waals surface area contributed by atoms with E-state index in [9.17, 15) is 14.7 Å². The zero-order valence-electron chi connectivity index (χ0n) is 18.2. The number of carbonyl (C=O) groups excluding carboxylic acids is 2. The molecule has 2 aliphatic rings. The van der Waals surface area contributed by atoms with E-state index in [1.54, 1.807) is 66.7 Å². The largest absolute Gasteiger partial charge is 0.497 e. The standard InChI is InChI=1S/C26H21NO7/c1-31-19-9-7-18(8-10-19)26(30)20(12-15-2-4-16(5-3-15)24(27)28)23(25(29)34-26)17-6-11-21-22(13-17)33-14-32-21/h2-11,13,30H,12,14H2,1H3,(H2,27,28). The molecule has 5 rings (SSSR count). The number of hydrogen-bond donors (Lipinski definition) is 2. The monoisotopic (exact) mass is 459 g/mol. The first kappa shape index (κ1) is 21.5. The smallest absolute Gasteiger partial charge is 0.342 e. The topological polar surface area (TPSA) is 117 Å². The fourth-order valence-electron chi connectivity index (χ4n) is 4.13. The third kappa shape index (κ3) is 3.64. The number of primary amides is 1. The van der Waals surface area contributed by atoms with Crippen molar-refractivity contribution in [1.29, 1.82) is 0 Å². The maximum Gasteiger partial charge on any atom is 0.342 e. The predicted octanol–water partition coefficient (Wildman–Crippen LogP) is 2.92. The Hall–Kier alpha value is -4.30. The average Bonchev–Trinajstić information content (AvgIpc) is 3.41. The van der Waals surface area contributed by atoms with Gasteiger partial charge in [-0.2, -0.15) is 0 Å². The molecule has 1 amide bonds. The third-order valence-electron chi connectivity index (χ3n) is 5.92. The van der Waals surface area contributed by atoms with Crippen LogP contribution in [0.2, 0.25) is 0 Å². The quantitative estimate of drug-likeness (QED) is 0.544. The van der Waals surface area contributed by atoms with Crippen LogP contribution in [-0.2, 0) is 21.7 Å². The van der Waals surface area contributed by atoms with Gasteiger partial charge in [0.05, 0.1) is 12.7 Å². The molecule has 0 aliphatic carbocycles. The fraction of sp³-hybridized carbons (Fsp3) is 0.154. The SMILES string of the molecule is COc1ccc(C2(O)OC(=O)C(c3ccc4c(c3)OCO4)=C2Cc2ccc(C(N)=O)cc2)cc1. The molecule has 0 fully saturated rings. The lowest BCUT2D eigenvalue weighted by molar-refractivity contribution is -0.185. The molecule has 3 aromatic rings. The Morgan fingerprint density at radius 2 is 1.74 bits per heavy atom. The van der Waals surface area contributed by atoms with Gasteiger partial charge in [0, 0.05) is 23.1 Å². The van der Waals surface area contributed by atoms with E-state index < -0.39 is 17.7 Å². The van der Waals surface area contributed by atoms with Gasteiger partial charge < -0.3 is 29.8 Å². The number of nitrogens with two attached hydrogens (primary N) is 1. The summed E-state index contributed by atoms with van der Waals surface area (Å²) >= 11 is 0. The molecule has 3 N–H and O–H groups in total. The molecular formula is C26H21NO7. The van der Waals surface area contributed by atoms with Crippen LogP contribution in [0.1, 0.15) is 27.0 Å². The van der Waals surface area contributed by atoms with Gasteiger partial charge in [-0.15, -0.1) is 0 Å². The van der Waals surface area contributed by atoms with Crippen LogP contribution in [0.25, 0.3) is 5.57 Å². The summed E-state index contributed by atoms with van der Waals surface area (Å²) in [5.74, 6) is -1.54. The summed E-state index contributed by atoms with van der Waals surface area (Å²) in [4.78, 5) is 24.6. The number of hydrogen-bond acceptors (Lipinski definition) is 7. The van der Waals surface area contributed by atoms with Gasteiger partial charge in [-0.25, -0.2) is 4.79 Å². The Bertz CT molecular complexity index is 1310. The Labute approximate surface area is 195 Å². The van der Waals surface area contributed by atoms with Gasteiger partial charge in [0.2, 0.25) is 12.7 Å². The highest BCUT2D eigenvalue weighted by molar-refractivity contribution is 6.20. The van der Waals surface area contributed by atoms with Crippen molar-refractivity contribution in [1.82, 2.24) is 0 Å². The molecule has 0 bridgehead atoms. The lowest BCUT2D eigenvalue weighted by Crippen LogP contribution is -2.29. The summed E-state index contributed by atoms with van der Waals surface area (Å²) in [6, 6.07) is 18.4. The summed E-state index contributed by atoms with van der Waals surface area (Å²) in [6.07, 6.45) is 0.178. The van der Waals surface area contributed by atoms with Gasteiger partial charge in [-0.3, -0.25) is 4.79 Å². The van der Waals surface area contributed by atoms with Gasteiger partial charge in [0.25, 0.3) is 5.79 Å². The molecule has 0 saturated heterocycles. The Morgan fingerprint density at radius 1 is 1.03 bits per heavy atom. The molecule has 2 aliphatic heterocycles. The lowest BCUT2D eigenvalue weighted by atomic mass is 9.88.